The average molecular weight is 155 g/mol. The lowest BCUT2D eigenvalue weighted by Crippen LogP contribution is -2.69. The maximum atomic E-state index is 5.21. The van der Waals surface area contributed by atoms with Gasteiger partial charge in [0.05, 0.1) is 6.61 Å². The standard InChI is InChI=1S/C9H17NO/c1-7-3-8-5-9(4-7,10-8)6-11-2/h7-8,10H,3-6H2,1-2H3/t7-,8+,9?/m1/s1. The molecule has 0 spiro atoms. The summed E-state index contributed by atoms with van der Waals surface area (Å²) >= 11 is 0. The quantitative estimate of drug-likeness (QED) is 0.646. The van der Waals surface area contributed by atoms with E-state index >= 15 is 0 Å². The van der Waals surface area contributed by atoms with E-state index in [1.165, 1.54) is 19.3 Å². The Hall–Kier alpha value is -0.0800. The molecule has 0 amide bonds. The second-order valence-corrected chi connectivity index (χ2v) is 4.30. The van der Waals surface area contributed by atoms with Crippen molar-refractivity contribution >= 4 is 0 Å². The Labute approximate surface area is 68.3 Å². The highest BCUT2D eigenvalue weighted by Crippen LogP contribution is 2.41. The molecule has 1 aliphatic carbocycles. The van der Waals surface area contributed by atoms with Crippen molar-refractivity contribution in [2.45, 2.75) is 37.8 Å². The smallest absolute Gasteiger partial charge is 0.0645 e. The Balaban J connectivity index is 1.95. The highest BCUT2D eigenvalue weighted by molar-refractivity contribution is 5.08. The minimum atomic E-state index is 0.372. The normalized spacial score (nSPS) is 48.5. The number of fused-ring (bicyclic) bond motifs is 2. The number of methoxy groups -OCH3 is 1. The second kappa shape index (κ2) is 2.46. The van der Waals surface area contributed by atoms with E-state index in [1.54, 1.807) is 7.11 Å². The van der Waals surface area contributed by atoms with Crippen LogP contribution in [0.4, 0.5) is 0 Å². The highest BCUT2D eigenvalue weighted by Gasteiger charge is 2.48. The largest absolute Gasteiger partial charge is 0.383 e. The first-order valence-corrected chi connectivity index (χ1v) is 4.51. The van der Waals surface area contributed by atoms with Gasteiger partial charge < -0.3 is 10.1 Å². The Bertz CT molecular complexity index is 146. The summed E-state index contributed by atoms with van der Waals surface area (Å²) in [5.74, 6) is 0.894. The van der Waals surface area contributed by atoms with Crippen molar-refractivity contribution in [1.82, 2.24) is 5.32 Å². The molecule has 0 radical (unpaired) electrons. The Morgan fingerprint density at radius 3 is 2.82 bits per heavy atom. The van der Waals surface area contributed by atoms with Crippen molar-refractivity contribution in [2.24, 2.45) is 5.92 Å². The molecule has 2 nitrogen and oxygen atoms in total. The minimum Gasteiger partial charge on any atom is -0.383 e. The summed E-state index contributed by atoms with van der Waals surface area (Å²) in [5.41, 5.74) is 0.372. The third-order valence-electron chi connectivity index (χ3n) is 2.99. The molecule has 2 heteroatoms. The Kier molecular flexibility index (Phi) is 1.69. The fourth-order valence-electron chi connectivity index (χ4n) is 2.84. The van der Waals surface area contributed by atoms with Gasteiger partial charge in [-0.05, 0) is 25.2 Å². The van der Waals surface area contributed by atoms with Crippen molar-refractivity contribution in [2.75, 3.05) is 13.7 Å². The number of piperidine rings is 1. The summed E-state index contributed by atoms with van der Waals surface area (Å²) in [7, 11) is 1.79. The molecular weight excluding hydrogens is 138 g/mol. The van der Waals surface area contributed by atoms with Gasteiger partial charge in [-0.15, -0.1) is 0 Å². The fraction of sp³-hybridized carbons (Fsp3) is 1.00. The third-order valence-corrected chi connectivity index (χ3v) is 2.99. The number of ether oxygens (including phenoxy) is 1. The van der Waals surface area contributed by atoms with Crippen molar-refractivity contribution in [3.8, 4) is 0 Å². The lowest BCUT2D eigenvalue weighted by molar-refractivity contribution is -0.0213. The minimum absolute atomic E-state index is 0.372. The molecule has 64 valence electrons. The van der Waals surface area contributed by atoms with Crippen LogP contribution in [-0.2, 0) is 4.74 Å². The van der Waals surface area contributed by atoms with Gasteiger partial charge in [0.25, 0.3) is 0 Å². The third kappa shape index (κ3) is 1.18. The maximum Gasteiger partial charge on any atom is 0.0645 e. The number of hydrogen-bond donors (Lipinski definition) is 1. The molecule has 3 atom stereocenters. The van der Waals surface area contributed by atoms with Gasteiger partial charge in [0, 0.05) is 18.7 Å². The van der Waals surface area contributed by atoms with E-state index in [1.807, 2.05) is 0 Å². The molecule has 0 aromatic carbocycles. The second-order valence-electron chi connectivity index (χ2n) is 4.30. The van der Waals surface area contributed by atoms with E-state index in [-0.39, 0.29) is 0 Å². The predicted octanol–water partition coefficient (Wildman–Crippen LogP) is 1.16. The molecule has 1 saturated carbocycles. The Morgan fingerprint density at radius 2 is 2.27 bits per heavy atom. The van der Waals surface area contributed by atoms with Crippen LogP contribution < -0.4 is 5.32 Å². The molecule has 11 heavy (non-hydrogen) atoms. The van der Waals surface area contributed by atoms with Gasteiger partial charge in [-0.25, -0.2) is 0 Å². The molecular formula is C9H17NO. The van der Waals surface area contributed by atoms with Crippen molar-refractivity contribution in [3.63, 3.8) is 0 Å². The maximum absolute atomic E-state index is 5.21. The lowest BCUT2D eigenvalue weighted by Gasteiger charge is -2.55. The van der Waals surface area contributed by atoms with E-state index in [2.05, 4.69) is 12.2 Å². The lowest BCUT2D eigenvalue weighted by atomic mass is 9.67. The molecule has 2 heterocycles. The Morgan fingerprint density at radius 1 is 1.55 bits per heavy atom. The molecule has 2 saturated heterocycles. The van der Waals surface area contributed by atoms with Crippen LogP contribution in [0.5, 0.6) is 0 Å². The van der Waals surface area contributed by atoms with E-state index in [0.29, 0.717) is 5.54 Å². The molecule has 2 aliphatic heterocycles. The van der Waals surface area contributed by atoms with Crippen LogP contribution in [0.2, 0.25) is 0 Å². The zero-order chi connectivity index (χ0) is 7.90. The first kappa shape index (κ1) is 7.56. The SMILES string of the molecule is COCC12C[C@H](C)C[C@@H](C1)N2. The average Bonchev–Trinajstić information content (AvgIpc) is 1.84. The van der Waals surface area contributed by atoms with Crippen molar-refractivity contribution in [3.05, 3.63) is 0 Å². The number of hydrogen-bond acceptors (Lipinski definition) is 2. The van der Waals surface area contributed by atoms with Gasteiger partial charge in [0.1, 0.15) is 0 Å². The summed E-state index contributed by atoms with van der Waals surface area (Å²) in [6.45, 7) is 3.24. The van der Waals surface area contributed by atoms with Crippen LogP contribution in [0.3, 0.4) is 0 Å². The molecule has 2 bridgehead atoms. The van der Waals surface area contributed by atoms with Gasteiger partial charge in [-0.2, -0.15) is 0 Å². The summed E-state index contributed by atoms with van der Waals surface area (Å²) in [6, 6.07) is 0.800. The zero-order valence-corrected chi connectivity index (χ0v) is 7.39. The fourth-order valence-corrected chi connectivity index (χ4v) is 2.84. The molecule has 0 aromatic heterocycles. The summed E-state index contributed by atoms with van der Waals surface area (Å²) in [5, 5.41) is 3.60. The highest BCUT2D eigenvalue weighted by atomic mass is 16.5. The topological polar surface area (TPSA) is 21.3 Å². The molecule has 1 unspecified atom stereocenters. The van der Waals surface area contributed by atoms with Gasteiger partial charge >= 0.3 is 0 Å². The van der Waals surface area contributed by atoms with Gasteiger partial charge in [-0.3, -0.25) is 0 Å². The number of nitrogens with one attached hydrogen (secondary N) is 1. The van der Waals surface area contributed by atoms with Gasteiger partial charge in [-0.1, -0.05) is 6.92 Å². The number of rotatable bonds is 2. The van der Waals surface area contributed by atoms with Crippen LogP contribution in [0.15, 0.2) is 0 Å². The van der Waals surface area contributed by atoms with E-state index in [9.17, 15) is 0 Å². The molecule has 3 rings (SSSR count). The summed E-state index contributed by atoms with van der Waals surface area (Å²) in [6.07, 6.45) is 4.01. The van der Waals surface area contributed by atoms with Crippen LogP contribution >= 0.6 is 0 Å². The van der Waals surface area contributed by atoms with Crippen molar-refractivity contribution < 1.29 is 4.74 Å². The van der Waals surface area contributed by atoms with E-state index in [0.717, 1.165) is 18.6 Å². The monoisotopic (exact) mass is 155 g/mol. The van der Waals surface area contributed by atoms with Gasteiger partial charge in [0.2, 0.25) is 0 Å². The summed E-state index contributed by atoms with van der Waals surface area (Å²) < 4.78 is 5.21. The zero-order valence-electron chi connectivity index (χ0n) is 7.39. The molecule has 0 aromatic rings. The van der Waals surface area contributed by atoms with E-state index < -0.39 is 0 Å². The first-order chi connectivity index (χ1) is 5.24. The van der Waals surface area contributed by atoms with E-state index in [4.69, 9.17) is 4.74 Å². The van der Waals surface area contributed by atoms with Crippen LogP contribution in [0.25, 0.3) is 0 Å². The predicted molar refractivity (Wildman–Crippen MR) is 44.5 cm³/mol. The van der Waals surface area contributed by atoms with Crippen LogP contribution in [-0.4, -0.2) is 25.3 Å². The van der Waals surface area contributed by atoms with Crippen LogP contribution in [0, 0.1) is 5.92 Å². The summed E-state index contributed by atoms with van der Waals surface area (Å²) in [4.78, 5) is 0. The first-order valence-electron chi connectivity index (χ1n) is 4.51. The molecule has 3 fully saturated rings. The molecule has 3 aliphatic rings. The van der Waals surface area contributed by atoms with Crippen molar-refractivity contribution in [1.29, 1.82) is 0 Å². The van der Waals surface area contributed by atoms with Gasteiger partial charge in [0.15, 0.2) is 0 Å². The molecule has 1 N–H and O–H groups in total. The van der Waals surface area contributed by atoms with Crippen LogP contribution in [0.1, 0.15) is 26.2 Å².